The third-order valence-corrected chi connectivity index (χ3v) is 4.44. The summed E-state index contributed by atoms with van der Waals surface area (Å²) in [6.45, 7) is 2.82. The second-order valence-electron chi connectivity index (χ2n) is 5.91. The molecule has 1 aliphatic heterocycles. The Balaban J connectivity index is 1.96. The van der Waals surface area contributed by atoms with Gasteiger partial charge in [-0.25, -0.2) is 9.78 Å². The lowest BCUT2D eigenvalue weighted by Gasteiger charge is -2.32. The Morgan fingerprint density at radius 3 is 2.74 bits per heavy atom. The van der Waals surface area contributed by atoms with Crippen LogP contribution in [0.3, 0.4) is 0 Å². The van der Waals surface area contributed by atoms with Gasteiger partial charge in [-0.1, -0.05) is 0 Å². The Labute approximate surface area is 155 Å². The second-order valence-corrected chi connectivity index (χ2v) is 5.91. The van der Waals surface area contributed by atoms with Crippen LogP contribution in [0, 0.1) is 0 Å². The fourth-order valence-corrected chi connectivity index (χ4v) is 3.22. The summed E-state index contributed by atoms with van der Waals surface area (Å²) in [5, 5.41) is 15.9. The van der Waals surface area contributed by atoms with Crippen LogP contribution in [0.5, 0.6) is 11.6 Å². The molecule has 0 fully saturated rings. The molecule has 2 aromatic rings. The van der Waals surface area contributed by atoms with E-state index in [1.54, 1.807) is 21.8 Å². The van der Waals surface area contributed by atoms with Gasteiger partial charge >= 0.3 is 6.09 Å². The van der Waals surface area contributed by atoms with Crippen LogP contribution in [0.25, 0.3) is 0 Å². The van der Waals surface area contributed by atoms with Crippen LogP contribution in [-0.4, -0.2) is 52.6 Å². The number of rotatable bonds is 5. The Morgan fingerprint density at radius 2 is 2.11 bits per heavy atom. The van der Waals surface area contributed by atoms with E-state index < -0.39 is 12.1 Å². The largest absolute Gasteiger partial charge is 0.491 e. The number of nitrogens with one attached hydrogen (secondary N) is 1. The zero-order valence-electron chi connectivity index (χ0n) is 15.3. The number of ether oxygens (including phenoxy) is 2. The van der Waals surface area contributed by atoms with E-state index in [1.807, 2.05) is 6.92 Å². The molecule has 0 aliphatic carbocycles. The third kappa shape index (κ3) is 3.37. The molecule has 2 aromatic heterocycles. The van der Waals surface area contributed by atoms with Gasteiger partial charge in [0.25, 0.3) is 11.8 Å². The number of carbonyl (C=O) groups is 2. The molecule has 0 radical (unpaired) electrons. The van der Waals surface area contributed by atoms with Gasteiger partial charge in [0.15, 0.2) is 5.75 Å². The first-order valence-electron chi connectivity index (χ1n) is 8.45. The van der Waals surface area contributed by atoms with E-state index in [0.29, 0.717) is 42.2 Å². The van der Waals surface area contributed by atoms with Crippen molar-refractivity contribution in [2.24, 2.45) is 0 Å². The van der Waals surface area contributed by atoms with Crippen molar-refractivity contribution in [1.29, 1.82) is 0 Å². The molecule has 2 N–H and O–H groups in total. The molecule has 2 amide bonds. The predicted molar refractivity (Wildman–Crippen MR) is 95.4 cm³/mol. The minimum atomic E-state index is -1.11. The zero-order valence-corrected chi connectivity index (χ0v) is 15.3. The van der Waals surface area contributed by atoms with Gasteiger partial charge in [0.05, 0.1) is 43.4 Å². The summed E-state index contributed by atoms with van der Waals surface area (Å²) in [6.07, 6.45) is 2.34. The van der Waals surface area contributed by atoms with E-state index in [-0.39, 0.29) is 11.8 Å². The molecular formula is C17H21N5O5. The van der Waals surface area contributed by atoms with Gasteiger partial charge in [-0.05, 0) is 13.3 Å². The highest BCUT2D eigenvalue weighted by molar-refractivity contribution is 6.06. The molecule has 10 heteroatoms. The van der Waals surface area contributed by atoms with Crippen molar-refractivity contribution in [1.82, 2.24) is 20.1 Å². The molecule has 10 nitrogen and oxygen atoms in total. The SMILES string of the molecule is CCn1ncc2c1C(NC(=O)O)CCN2C(=O)c1cnc(OC)c(OC)c1. The standard InChI is InChI=1S/C17H21N5O5/c1-4-22-14-11(20-17(24)25)5-6-21(12(14)9-19-22)16(23)10-7-13(26-2)15(27-3)18-8-10/h7-9,11,20H,4-6H2,1-3H3,(H,24,25). The normalized spacial score (nSPS) is 15.8. The Kier molecular flexibility index (Phi) is 5.15. The number of nitrogens with zero attached hydrogens (tertiary/aromatic N) is 4. The highest BCUT2D eigenvalue weighted by Crippen LogP contribution is 2.35. The minimum absolute atomic E-state index is 0.269. The first-order chi connectivity index (χ1) is 13.0. The topological polar surface area (TPSA) is 119 Å². The smallest absolute Gasteiger partial charge is 0.405 e. The average molecular weight is 375 g/mol. The molecule has 0 spiro atoms. The Bertz CT molecular complexity index is 865. The number of aryl methyl sites for hydroxylation is 1. The van der Waals surface area contributed by atoms with Crippen molar-refractivity contribution in [3.8, 4) is 11.6 Å². The van der Waals surface area contributed by atoms with Crippen molar-refractivity contribution in [3.63, 3.8) is 0 Å². The predicted octanol–water partition coefficient (Wildman–Crippen LogP) is 1.67. The first-order valence-corrected chi connectivity index (χ1v) is 8.45. The summed E-state index contributed by atoms with van der Waals surface area (Å²) in [5.74, 6) is 0.377. The van der Waals surface area contributed by atoms with E-state index in [4.69, 9.17) is 14.6 Å². The molecule has 1 unspecified atom stereocenters. The molecule has 0 aromatic carbocycles. The molecule has 3 heterocycles. The van der Waals surface area contributed by atoms with Gasteiger partial charge in [-0.2, -0.15) is 5.10 Å². The summed E-state index contributed by atoms with van der Waals surface area (Å²) in [6, 6.07) is 1.15. The van der Waals surface area contributed by atoms with Gasteiger partial charge in [-0.15, -0.1) is 0 Å². The molecule has 144 valence electrons. The van der Waals surface area contributed by atoms with Crippen LogP contribution >= 0.6 is 0 Å². The Morgan fingerprint density at radius 1 is 1.33 bits per heavy atom. The van der Waals surface area contributed by atoms with Gasteiger partial charge < -0.3 is 24.8 Å². The van der Waals surface area contributed by atoms with E-state index in [9.17, 15) is 9.59 Å². The summed E-state index contributed by atoms with van der Waals surface area (Å²) >= 11 is 0. The summed E-state index contributed by atoms with van der Waals surface area (Å²) in [7, 11) is 2.94. The summed E-state index contributed by atoms with van der Waals surface area (Å²) in [4.78, 5) is 29.9. The lowest BCUT2D eigenvalue weighted by molar-refractivity contribution is 0.0982. The van der Waals surface area contributed by atoms with Gasteiger partial charge in [0.2, 0.25) is 0 Å². The molecule has 1 aliphatic rings. The Hall–Kier alpha value is -3.30. The number of amides is 2. The summed E-state index contributed by atoms with van der Waals surface area (Å²) < 4.78 is 12.0. The maximum Gasteiger partial charge on any atom is 0.405 e. The van der Waals surface area contributed by atoms with E-state index in [0.717, 1.165) is 0 Å². The molecule has 0 saturated heterocycles. The quantitative estimate of drug-likeness (QED) is 0.816. The van der Waals surface area contributed by atoms with E-state index in [1.165, 1.54) is 20.4 Å². The van der Waals surface area contributed by atoms with E-state index in [2.05, 4.69) is 15.4 Å². The third-order valence-electron chi connectivity index (χ3n) is 4.44. The van der Waals surface area contributed by atoms with Gasteiger partial charge in [-0.3, -0.25) is 9.48 Å². The lowest BCUT2D eigenvalue weighted by atomic mass is 10.0. The number of carboxylic acid groups (broad SMARTS) is 1. The number of carbonyl (C=O) groups excluding carboxylic acids is 1. The molecule has 0 saturated carbocycles. The number of aromatic nitrogens is 3. The van der Waals surface area contributed by atoms with Crippen molar-refractivity contribution in [3.05, 3.63) is 29.7 Å². The molecule has 27 heavy (non-hydrogen) atoms. The van der Waals surface area contributed by atoms with Crippen LogP contribution in [0.2, 0.25) is 0 Å². The fraction of sp³-hybridized carbons (Fsp3) is 0.412. The van der Waals surface area contributed by atoms with Crippen LogP contribution < -0.4 is 19.7 Å². The van der Waals surface area contributed by atoms with Crippen molar-refractivity contribution < 1.29 is 24.2 Å². The van der Waals surface area contributed by atoms with Gasteiger partial charge in [0, 0.05) is 25.4 Å². The molecule has 0 bridgehead atoms. The number of hydrogen-bond donors (Lipinski definition) is 2. The molecule has 3 rings (SSSR count). The number of methoxy groups -OCH3 is 2. The van der Waals surface area contributed by atoms with Crippen LogP contribution in [0.4, 0.5) is 10.5 Å². The second kappa shape index (κ2) is 7.52. The molecule has 1 atom stereocenters. The average Bonchev–Trinajstić information content (AvgIpc) is 3.11. The minimum Gasteiger partial charge on any atom is -0.491 e. The lowest BCUT2D eigenvalue weighted by Crippen LogP contribution is -2.41. The van der Waals surface area contributed by atoms with Crippen LogP contribution in [0.15, 0.2) is 18.5 Å². The number of pyridine rings is 1. The monoisotopic (exact) mass is 375 g/mol. The van der Waals surface area contributed by atoms with Crippen molar-refractivity contribution in [2.45, 2.75) is 25.9 Å². The van der Waals surface area contributed by atoms with Crippen molar-refractivity contribution in [2.75, 3.05) is 25.7 Å². The molecular weight excluding hydrogens is 354 g/mol. The fourth-order valence-electron chi connectivity index (χ4n) is 3.22. The van der Waals surface area contributed by atoms with Gasteiger partial charge in [0.1, 0.15) is 0 Å². The highest BCUT2D eigenvalue weighted by atomic mass is 16.5. The van der Waals surface area contributed by atoms with Crippen molar-refractivity contribution >= 4 is 17.7 Å². The van der Waals surface area contributed by atoms with E-state index >= 15 is 0 Å². The number of fused-ring (bicyclic) bond motifs is 1. The first kappa shape index (κ1) is 18.5. The number of hydrogen-bond acceptors (Lipinski definition) is 6. The summed E-state index contributed by atoms with van der Waals surface area (Å²) in [5.41, 5.74) is 1.60. The van der Waals surface area contributed by atoms with Crippen LogP contribution in [-0.2, 0) is 6.54 Å². The highest BCUT2D eigenvalue weighted by Gasteiger charge is 2.34. The van der Waals surface area contributed by atoms with Crippen LogP contribution in [0.1, 0.15) is 35.4 Å². The maximum atomic E-state index is 13.1. The number of anilines is 1. The zero-order chi connectivity index (χ0) is 19.6. The maximum absolute atomic E-state index is 13.1.